The molecule has 0 radical (unpaired) electrons. The zero-order valence-electron chi connectivity index (χ0n) is 57.0. The van der Waals surface area contributed by atoms with Gasteiger partial charge in [-0.05, 0) is 199 Å². The molecule has 0 aliphatic rings. The summed E-state index contributed by atoms with van der Waals surface area (Å²) in [5.74, 6) is 0.162. The molecule has 11 N–H and O–H groups in total. The maximum absolute atomic E-state index is 11.6. The summed E-state index contributed by atoms with van der Waals surface area (Å²) in [7, 11) is -22.8. The van der Waals surface area contributed by atoms with E-state index >= 15 is 0 Å². The number of hydrogen-bond donors (Lipinski definition) is 9. The van der Waals surface area contributed by atoms with Gasteiger partial charge in [-0.2, -0.15) is 0 Å². The van der Waals surface area contributed by atoms with Crippen LogP contribution in [0.4, 0.5) is 0 Å². The second kappa shape index (κ2) is 46.0. The largest absolute Gasteiger partial charge is 0.370 e. The van der Waals surface area contributed by atoms with Crippen LogP contribution in [0.25, 0.3) is 0 Å². The lowest BCUT2D eigenvalue weighted by molar-refractivity contribution is 0.534. The Bertz CT molecular complexity index is 3390. The van der Waals surface area contributed by atoms with E-state index in [1.54, 1.807) is 231 Å². The average Bonchev–Trinajstić information content (AvgIpc) is 0.904. The number of aromatic nitrogens is 1. The number of hydrogen-bond acceptors (Lipinski definition) is 16. The Hall–Kier alpha value is -5.33. The highest BCUT2D eigenvalue weighted by molar-refractivity contribution is 7.91. The molecular weight excluding hydrogens is 1350 g/mol. The summed E-state index contributed by atoms with van der Waals surface area (Å²) < 4.78 is 175. The van der Waals surface area contributed by atoms with Gasteiger partial charge in [0, 0.05) is 54.5 Å². The molecule has 5 aromatic rings. The predicted octanol–water partition coefficient (Wildman–Crippen LogP) is 8.57. The Morgan fingerprint density at radius 3 is 0.809 bits per heavy atom. The molecule has 94 heavy (non-hydrogen) atoms. The molecule has 0 atom stereocenters. The van der Waals surface area contributed by atoms with Gasteiger partial charge in [-0.1, -0.05) is 93.2 Å². The quantitative estimate of drug-likeness (QED) is 0.0260. The van der Waals surface area contributed by atoms with Crippen LogP contribution in [0.5, 0.6) is 0 Å². The van der Waals surface area contributed by atoms with Crippen molar-refractivity contribution in [3.63, 3.8) is 0 Å². The van der Waals surface area contributed by atoms with Crippen LogP contribution in [0.2, 0.25) is 0 Å². The van der Waals surface area contributed by atoms with Crippen LogP contribution in [0, 0.1) is 6.92 Å². The summed E-state index contributed by atoms with van der Waals surface area (Å²) in [4.78, 5) is 8.75. The van der Waals surface area contributed by atoms with Crippen LogP contribution in [0.1, 0.15) is 152 Å². The fourth-order valence-corrected chi connectivity index (χ4v) is 14.2. The van der Waals surface area contributed by atoms with Crippen LogP contribution < -0.4 is 44.5 Å². The van der Waals surface area contributed by atoms with Gasteiger partial charge in [0.1, 0.15) is 0 Å². The minimum Gasteiger partial charge on any atom is -0.370 e. The van der Waals surface area contributed by atoms with Crippen LogP contribution in [0.3, 0.4) is 0 Å². The summed E-state index contributed by atoms with van der Waals surface area (Å²) in [6.07, 6.45) is 2.60. The number of pyridine rings is 1. The van der Waals surface area contributed by atoms with Gasteiger partial charge in [-0.15, -0.1) is 0 Å². The molecule has 0 bridgehead atoms. The van der Waals surface area contributed by atoms with Crippen molar-refractivity contribution in [2.75, 3.05) is 6.26 Å². The third-order valence-electron chi connectivity index (χ3n) is 9.41. The number of benzene rings is 4. The van der Waals surface area contributed by atoms with Crippen molar-refractivity contribution < 1.29 is 58.9 Å². The Kier molecular flexibility index (Phi) is 47.6. The normalized spacial score (nSPS) is 11.8. The number of aliphatic imine (C=N–C) groups is 1. The Balaban J connectivity index is -0.000000323. The lowest BCUT2D eigenvalue weighted by atomic mass is 10.2. The molecule has 0 saturated heterocycles. The van der Waals surface area contributed by atoms with E-state index in [1.165, 1.54) is 12.3 Å². The van der Waals surface area contributed by atoms with Gasteiger partial charge in [0.05, 0.1) is 30.6 Å². The van der Waals surface area contributed by atoms with Crippen molar-refractivity contribution in [2.45, 2.75) is 231 Å². The standard InChI is InChI=1S/C10H15NO2S.3C9H13NO2S.C8H12N2O2S.C7H17NO2S.C4H11N3.C4H11NO2S.2CH4/c1-8(2)11-14(12,13)10-6-4-9(3)5-7-10;3*1-8(2)10-13(11,12)9-6-4-3-5-7-9;1-7(2)10-13(11,12)8-5-3-4-6-9-8;1-6(2)8-11(9,10)7(3,4)5;1-3(2)7-4(5)6;1-4(2)5-8(3,6)7;;/h4-8,11H,1-3H3;3*3-8,10H,1-2H3;3-7,10H,1-2H3;6,8H,1-5H3;3H,1-2H3,(H4,5,6,7);4-5H,1-3H3;2*1H4. The maximum Gasteiger partial charge on any atom is 0.258 e. The van der Waals surface area contributed by atoms with E-state index in [4.69, 9.17) is 11.5 Å². The summed E-state index contributed by atoms with van der Waals surface area (Å²) in [6, 6.07) is 36.3. The molecule has 25 nitrogen and oxygen atoms in total. The molecule has 5 rings (SSSR count). The van der Waals surface area contributed by atoms with Gasteiger partial charge in [0.2, 0.25) is 60.1 Å². The zero-order valence-corrected chi connectivity index (χ0v) is 62.7. The molecule has 32 heteroatoms. The summed E-state index contributed by atoms with van der Waals surface area (Å²) in [5.41, 5.74) is 11.1. The van der Waals surface area contributed by atoms with Crippen molar-refractivity contribution in [2.24, 2.45) is 16.5 Å². The molecular formula is C62H113N11O14S7. The molecule has 0 amide bonds. The van der Waals surface area contributed by atoms with E-state index in [-0.39, 0.29) is 74.2 Å². The molecule has 0 saturated carbocycles. The Labute approximate surface area is 568 Å². The highest BCUT2D eigenvalue weighted by atomic mass is 32.2. The zero-order chi connectivity index (χ0) is 72.3. The average molecular weight is 1460 g/mol. The topological polar surface area (TPSA) is 400 Å². The third kappa shape index (κ3) is 48.4. The monoisotopic (exact) mass is 1460 g/mol. The van der Waals surface area contributed by atoms with Gasteiger partial charge in [0.25, 0.3) is 10.0 Å². The number of nitrogens with two attached hydrogens (primary N) is 2. The molecule has 0 unspecified atom stereocenters. The van der Waals surface area contributed by atoms with Gasteiger partial charge >= 0.3 is 0 Å². The van der Waals surface area contributed by atoms with E-state index in [0.717, 1.165) is 11.8 Å². The SMILES string of the molecule is C.C.CC(C)N=C(N)N.CC(C)NS(=O)(=O)C(C)(C)C.CC(C)NS(=O)(=O)c1ccccc1.CC(C)NS(=O)(=O)c1ccccc1.CC(C)NS(=O)(=O)c1ccccc1.CC(C)NS(=O)(=O)c1ccccn1.CC(C)NS(C)(=O)=O.Cc1ccc(S(=O)(=O)NC(C)C)cc1. The van der Waals surface area contributed by atoms with E-state index < -0.39 is 74.9 Å². The Morgan fingerprint density at radius 1 is 0.372 bits per heavy atom. The first kappa shape index (κ1) is 97.4. The van der Waals surface area contributed by atoms with Crippen molar-refractivity contribution in [1.82, 2.24) is 38.0 Å². The Morgan fingerprint density at radius 2 is 0.628 bits per heavy atom. The van der Waals surface area contributed by atoms with Gasteiger partial charge in [-0.25, -0.2) is 97.0 Å². The number of sulfonamides is 7. The number of nitrogens with one attached hydrogen (secondary N) is 7. The lowest BCUT2D eigenvalue weighted by Gasteiger charge is -2.21. The van der Waals surface area contributed by atoms with Crippen molar-refractivity contribution in [3.05, 3.63) is 145 Å². The fourth-order valence-electron chi connectivity index (χ4n) is 6.12. The van der Waals surface area contributed by atoms with Gasteiger partial charge in [-0.3, -0.25) is 4.99 Å². The second-order valence-corrected chi connectivity index (χ2v) is 36.1. The number of guanidine groups is 1. The smallest absolute Gasteiger partial charge is 0.258 e. The van der Waals surface area contributed by atoms with Crippen molar-refractivity contribution in [1.29, 1.82) is 0 Å². The minimum atomic E-state index is -3.42. The van der Waals surface area contributed by atoms with Gasteiger partial charge in [0.15, 0.2) is 11.0 Å². The molecule has 0 spiro atoms. The molecule has 1 aromatic heterocycles. The summed E-state index contributed by atoms with van der Waals surface area (Å²) >= 11 is 0. The molecule has 4 aromatic carbocycles. The minimum absolute atomic E-state index is 0. The summed E-state index contributed by atoms with van der Waals surface area (Å²) in [5, 5.41) is 0.0590. The number of nitrogens with zero attached hydrogens (tertiary/aromatic N) is 2. The molecule has 1 heterocycles. The van der Waals surface area contributed by atoms with Crippen LogP contribution in [-0.4, -0.2) is 129 Å². The molecule has 0 aliphatic carbocycles. The molecule has 0 aliphatic heterocycles. The predicted molar refractivity (Wildman–Crippen MR) is 386 cm³/mol. The van der Waals surface area contributed by atoms with Gasteiger partial charge < -0.3 is 11.5 Å². The van der Waals surface area contributed by atoms with Crippen molar-refractivity contribution in [3.8, 4) is 0 Å². The van der Waals surface area contributed by atoms with Crippen molar-refractivity contribution >= 4 is 76.1 Å². The molecule has 0 fully saturated rings. The number of rotatable bonds is 20. The number of aryl methyl sites for hydroxylation is 1. The van der Waals surface area contributed by atoms with Crippen LogP contribution in [-0.2, 0) is 70.2 Å². The summed E-state index contributed by atoms with van der Waals surface area (Å²) in [6.45, 7) is 35.8. The first-order chi connectivity index (χ1) is 41.7. The van der Waals surface area contributed by atoms with E-state index in [0.29, 0.717) is 19.6 Å². The second-order valence-electron chi connectivity index (χ2n) is 23.4. The molecule has 542 valence electrons. The maximum atomic E-state index is 11.6. The van der Waals surface area contributed by atoms with Crippen LogP contribution in [0.15, 0.2) is 169 Å². The first-order valence-corrected chi connectivity index (χ1v) is 39.8. The van der Waals surface area contributed by atoms with E-state index in [9.17, 15) is 58.9 Å². The van der Waals surface area contributed by atoms with E-state index in [2.05, 4.69) is 43.0 Å². The first-order valence-electron chi connectivity index (χ1n) is 29.0. The third-order valence-corrected chi connectivity index (χ3v) is 21.0. The highest BCUT2D eigenvalue weighted by Gasteiger charge is 2.29. The van der Waals surface area contributed by atoms with E-state index in [1.807, 2.05) is 34.6 Å². The fraction of sp³-hybridized carbons (Fsp3) is 0.516. The highest BCUT2D eigenvalue weighted by Crippen LogP contribution is 2.14. The van der Waals surface area contributed by atoms with Crippen LogP contribution >= 0.6 is 0 Å². The lowest BCUT2D eigenvalue weighted by Crippen LogP contribution is -2.42.